The van der Waals surface area contributed by atoms with E-state index in [2.05, 4.69) is 0 Å². The lowest BCUT2D eigenvalue weighted by molar-refractivity contribution is 0.0524. The maximum atomic E-state index is 13.0. The van der Waals surface area contributed by atoms with Crippen molar-refractivity contribution < 1.29 is 9.53 Å². The molecule has 0 saturated carbocycles. The Hall–Kier alpha value is -2.59. The number of pyridine rings is 1. The molecule has 0 amide bonds. The Kier molecular flexibility index (Phi) is 4.91. The molecule has 1 heterocycles. The van der Waals surface area contributed by atoms with Gasteiger partial charge < -0.3 is 9.30 Å². The summed E-state index contributed by atoms with van der Waals surface area (Å²) < 4.78 is 6.61. The molecule has 0 fully saturated rings. The van der Waals surface area contributed by atoms with Gasteiger partial charge in [0.2, 0.25) is 0 Å². The van der Waals surface area contributed by atoms with Crippen molar-refractivity contribution >= 4 is 28.5 Å². The number of aryl methyl sites for hydroxylation is 1. The number of rotatable bonds is 4. The van der Waals surface area contributed by atoms with Crippen LogP contribution in [0.5, 0.6) is 0 Å². The molecule has 0 radical (unpaired) electrons. The number of nitrogens with zero attached hydrogens (tertiary/aromatic N) is 1. The molecule has 0 bridgehead atoms. The summed E-state index contributed by atoms with van der Waals surface area (Å²) in [5, 5.41) is 0.812. The SMILES string of the molecule is CCOC(=O)c1c(Cl)c2cc(C)ccc2n(Cc2ccccc2)c1=O. The van der Waals surface area contributed by atoms with Crippen LogP contribution in [0.2, 0.25) is 5.02 Å². The first kappa shape index (κ1) is 17.2. The molecule has 128 valence electrons. The minimum Gasteiger partial charge on any atom is -0.462 e. The largest absolute Gasteiger partial charge is 0.462 e. The number of hydrogen-bond donors (Lipinski definition) is 0. The number of carbonyl (C=O) groups excluding carboxylic acids is 1. The van der Waals surface area contributed by atoms with Crippen molar-refractivity contribution in [3.05, 3.63) is 80.6 Å². The summed E-state index contributed by atoms with van der Waals surface area (Å²) in [6.07, 6.45) is 0. The predicted octanol–water partition coefficient (Wildman–Crippen LogP) is 4.19. The zero-order valence-electron chi connectivity index (χ0n) is 14.1. The number of fused-ring (bicyclic) bond motifs is 1. The van der Waals surface area contributed by atoms with Crippen molar-refractivity contribution in [2.45, 2.75) is 20.4 Å². The zero-order valence-corrected chi connectivity index (χ0v) is 14.8. The van der Waals surface area contributed by atoms with E-state index in [0.29, 0.717) is 17.4 Å². The molecule has 0 N–H and O–H groups in total. The first-order chi connectivity index (χ1) is 12.0. The van der Waals surface area contributed by atoms with Crippen LogP contribution in [0, 0.1) is 6.92 Å². The van der Waals surface area contributed by atoms with Crippen LogP contribution >= 0.6 is 11.6 Å². The Bertz CT molecular complexity index is 993. The van der Waals surface area contributed by atoms with Crippen LogP contribution in [0.4, 0.5) is 0 Å². The quantitative estimate of drug-likeness (QED) is 0.659. The van der Waals surface area contributed by atoms with Gasteiger partial charge in [0.25, 0.3) is 5.56 Å². The van der Waals surface area contributed by atoms with Gasteiger partial charge in [0.05, 0.1) is 23.7 Å². The van der Waals surface area contributed by atoms with Gasteiger partial charge in [-0.3, -0.25) is 4.79 Å². The highest BCUT2D eigenvalue weighted by atomic mass is 35.5. The van der Waals surface area contributed by atoms with Crippen molar-refractivity contribution in [1.82, 2.24) is 4.57 Å². The average molecular weight is 356 g/mol. The van der Waals surface area contributed by atoms with Gasteiger partial charge in [-0.2, -0.15) is 0 Å². The molecule has 0 spiro atoms. The summed E-state index contributed by atoms with van der Waals surface area (Å²) in [6, 6.07) is 15.3. The molecule has 1 aromatic heterocycles. The van der Waals surface area contributed by atoms with Gasteiger partial charge in [-0.25, -0.2) is 4.79 Å². The number of halogens is 1. The Labute approximate surface area is 150 Å². The fraction of sp³-hybridized carbons (Fsp3) is 0.200. The highest BCUT2D eigenvalue weighted by Gasteiger charge is 2.22. The second kappa shape index (κ2) is 7.11. The maximum absolute atomic E-state index is 13.0. The van der Waals surface area contributed by atoms with Crippen LogP contribution in [-0.4, -0.2) is 17.1 Å². The van der Waals surface area contributed by atoms with Crippen LogP contribution in [0.1, 0.15) is 28.4 Å². The molecule has 2 aromatic carbocycles. The fourth-order valence-electron chi connectivity index (χ4n) is 2.84. The van der Waals surface area contributed by atoms with E-state index < -0.39 is 11.5 Å². The number of esters is 1. The standard InChI is InChI=1S/C20H18ClNO3/c1-3-25-20(24)17-18(21)15-11-13(2)9-10-16(15)22(19(17)23)12-14-7-5-4-6-8-14/h4-11H,3,12H2,1-2H3. The second-order valence-electron chi connectivity index (χ2n) is 5.81. The number of aromatic nitrogens is 1. The molecular formula is C20H18ClNO3. The first-order valence-corrected chi connectivity index (χ1v) is 8.44. The van der Waals surface area contributed by atoms with Gasteiger partial charge in [-0.15, -0.1) is 0 Å². The van der Waals surface area contributed by atoms with Gasteiger partial charge >= 0.3 is 5.97 Å². The Morgan fingerprint density at radius 2 is 1.88 bits per heavy atom. The smallest absolute Gasteiger partial charge is 0.345 e. The summed E-state index contributed by atoms with van der Waals surface area (Å²) in [4.78, 5) is 25.3. The number of ether oxygens (including phenoxy) is 1. The number of carbonyl (C=O) groups is 1. The Morgan fingerprint density at radius 1 is 1.16 bits per heavy atom. The van der Waals surface area contributed by atoms with E-state index >= 15 is 0 Å². The number of benzene rings is 2. The topological polar surface area (TPSA) is 48.3 Å². The lowest BCUT2D eigenvalue weighted by Gasteiger charge is -2.15. The minimum absolute atomic E-state index is 0.113. The van der Waals surface area contributed by atoms with Crippen LogP contribution in [0.25, 0.3) is 10.9 Å². The molecule has 0 aliphatic heterocycles. The van der Waals surface area contributed by atoms with Crippen molar-refractivity contribution in [1.29, 1.82) is 0 Å². The Balaban J connectivity index is 2.30. The maximum Gasteiger partial charge on any atom is 0.345 e. The van der Waals surface area contributed by atoms with Gasteiger partial charge in [0.1, 0.15) is 5.56 Å². The third-order valence-electron chi connectivity index (χ3n) is 4.02. The molecule has 4 nitrogen and oxygen atoms in total. The highest BCUT2D eigenvalue weighted by Crippen LogP contribution is 2.27. The van der Waals surface area contributed by atoms with E-state index in [1.54, 1.807) is 11.5 Å². The third kappa shape index (κ3) is 3.30. The van der Waals surface area contributed by atoms with Crippen LogP contribution in [0.3, 0.4) is 0 Å². The summed E-state index contributed by atoms with van der Waals surface area (Å²) in [5.74, 6) is -0.692. The normalized spacial score (nSPS) is 10.8. The summed E-state index contributed by atoms with van der Waals surface area (Å²) in [7, 11) is 0. The van der Waals surface area contributed by atoms with E-state index in [4.69, 9.17) is 16.3 Å². The second-order valence-corrected chi connectivity index (χ2v) is 6.18. The summed E-state index contributed by atoms with van der Waals surface area (Å²) in [5.41, 5.74) is 2.09. The molecule has 0 aliphatic carbocycles. The molecule has 3 rings (SSSR count). The molecule has 3 aromatic rings. The molecule has 0 aliphatic rings. The van der Waals surface area contributed by atoms with E-state index in [0.717, 1.165) is 11.1 Å². The van der Waals surface area contributed by atoms with Crippen LogP contribution in [-0.2, 0) is 11.3 Å². The van der Waals surface area contributed by atoms with Gasteiger partial charge in [-0.05, 0) is 31.5 Å². The van der Waals surface area contributed by atoms with E-state index in [1.807, 2.05) is 55.5 Å². The molecule has 5 heteroatoms. The van der Waals surface area contributed by atoms with Crippen LogP contribution < -0.4 is 5.56 Å². The first-order valence-electron chi connectivity index (χ1n) is 8.06. The average Bonchev–Trinajstić information content (AvgIpc) is 2.60. The third-order valence-corrected chi connectivity index (χ3v) is 4.41. The highest BCUT2D eigenvalue weighted by molar-refractivity contribution is 6.38. The minimum atomic E-state index is -0.692. The van der Waals surface area contributed by atoms with Crippen molar-refractivity contribution in [3.8, 4) is 0 Å². The van der Waals surface area contributed by atoms with Gasteiger partial charge in [0.15, 0.2) is 0 Å². The summed E-state index contributed by atoms with van der Waals surface area (Å²) >= 11 is 6.41. The number of hydrogen-bond acceptors (Lipinski definition) is 3. The lowest BCUT2D eigenvalue weighted by Crippen LogP contribution is -2.29. The monoisotopic (exact) mass is 355 g/mol. The van der Waals surface area contributed by atoms with Gasteiger partial charge in [-0.1, -0.05) is 53.6 Å². The Morgan fingerprint density at radius 3 is 2.56 bits per heavy atom. The zero-order chi connectivity index (χ0) is 18.0. The van der Waals surface area contributed by atoms with Gasteiger partial charge in [0, 0.05) is 5.39 Å². The molecular weight excluding hydrogens is 338 g/mol. The van der Waals surface area contributed by atoms with Crippen LogP contribution in [0.15, 0.2) is 53.3 Å². The van der Waals surface area contributed by atoms with Crippen molar-refractivity contribution in [3.63, 3.8) is 0 Å². The molecule has 25 heavy (non-hydrogen) atoms. The molecule has 0 atom stereocenters. The van der Waals surface area contributed by atoms with E-state index in [-0.39, 0.29) is 17.2 Å². The fourth-order valence-corrected chi connectivity index (χ4v) is 3.15. The van der Waals surface area contributed by atoms with Crippen molar-refractivity contribution in [2.24, 2.45) is 0 Å². The van der Waals surface area contributed by atoms with Crippen molar-refractivity contribution in [2.75, 3.05) is 6.61 Å². The predicted molar refractivity (Wildman–Crippen MR) is 99.5 cm³/mol. The van der Waals surface area contributed by atoms with E-state index in [1.165, 1.54) is 0 Å². The molecule has 0 saturated heterocycles. The molecule has 0 unspecified atom stereocenters. The lowest BCUT2D eigenvalue weighted by atomic mass is 10.1. The summed E-state index contributed by atoms with van der Waals surface area (Å²) in [6.45, 7) is 4.16. The van der Waals surface area contributed by atoms with E-state index in [9.17, 15) is 9.59 Å².